The summed E-state index contributed by atoms with van der Waals surface area (Å²) in [6.45, 7) is 3.66. The number of halogens is 1. The van der Waals surface area contributed by atoms with Crippen LogP contribution < -0.4 is 20.7 Å². The Kier molecular flexibility index (Phi) is 9.37. The van der Waals surface area contributed by atoms with Crippen LogP contribution in [0.5, 0.6) is 5.75 Å². The third-order valence-electron chi connectivity index (χ3n) is 4.70. The van der Waals surface area contributed by atoms with Crippen LogP contribution in [0.25, 0.3) is 0 Å². The highest BCUT2D eigenvalue weighted by molar-refractivity contribution is 5.93. The molecule has 2 aromatic rings. The molecule has 0 spiro atoms. The maximum Gasteiger partial charge on any atom is 0.224 e. The number of nitrogens with zero attached hydrogens (tertiary/aromatic N) is 3. The largest absolute Gasteiger partial charge is 0.492 e. The molecule has 1 fully saturated rings. The van der Waals surface area contributed by atoms with Crippen LogP contribution in [-0.4, -0.2) is 61.0 Å². The Bertz CT molecular complexity index is 796. The highest BCUT2D eigenvalue weighted by atomic mass is 35.5. The Morgan fingerprint density at radius 2 is 1.77 bits per heavy atom. The van der Waals surface area contributed by atoms with Crippen molar-refractivity contribution >= 4 is 35.7 Å². The van der Waals surface area contributed by atoms with E-state index < -0.39 is 0 Å². The number of nitrogens with two attached hydrogens (primary N) is 1. The van der Waals surface area contributed by atoms with Gasteiger partial charge in [0.2, 0.25) is 11.8 Å². The fraction of sp³-hybridized carbons (Fsp3) is 0.381. The van der Waals surface area contributed by atoms with Crippen molar-refractivity contribution in [1.29, 1.82) is 0 Å². The first kappa shape index (κ1) is 23.4. The number of ether oxygens (including phenoxy) is 1. The lowest BCUT2D eigenvalue weighted by Gasteiger charge is -2.35. The lowest BCUT2D eigenvalue weighted by Crippen LogP contribution is -2.49. The Labute approximate surface area is 182 Å². The van der Waals surface area contributed by atoms with E-state index >= 15 is 0 Å². The standard InChI is InChI=1S/C21H27N5O3.ClH/c22-10-16-29-18-6-4-17(5-7-18)24-20(27)8-9-21(28)26-14-12-25(13-15-26)19-3-1-2-11-23-19;/h1-7,11H,8-10,12-16,22H2,(H,24,27);1H. The fourth-order valence-corrected chi connectivity index (χ4v) is 3.14. The molecule has 162 valence electrons. The number of anilines is 2. The van der Waals surface area contributed by atoms with Crippen molar-refractivity contribution in [2.75, 3.05) is 49.5 Å². The number of hydrogen-bond acceptors (Lipinski definition) is 6. The lowest BCUT2D eigenvalue weighted by atomic mass is 10.2. The summed E-state index contributed by atoms with van der Waals surface area (Å²) in [5, 5.41) is 2.81. The molecule has 30 heavy (non-hydrogen) atoms. The summed E-state index contributed by atoms with van der Waals surface area (Å²) >= 11 is 0. The molecule has 1 aromatic carbocycles. The molecule has 2 amide bonds. The van der Waals surface area contributed by atoms with Gasteiger partial charge in [0.15, 0.2) is 0 Å². The molecular formula is C21H28ClN5O3. The second-order valence-corrected chi connectivity index (χ2v) is 6.77. The van der Waals surface area contributed by atoms with E-state index in [4.69, 9.17) is 10.5 Å². The summed E-state index contributed by atoms with van der Waals surface area (Å²) in [6, 6.07) is 12.9. The summed E-state index contributed by atoms with van der Waals surface area (Å²) in [5.74, 6) is 1.46. The molecule has 3 N–H and O–H groups in total. The molecule has 0 bridgehead atoms. The van der Waals surface area contributed by atoms with Gasteiger partial charge in [0.1, 0.15) is 18.2 Å². The molecule has 1 aromatic heterocycles. The molecule has 8 nitrogen and oxygen atoms in total. The Balaban J connectivity index is 0.00000320. The molecule has 3 rings (SSSR count). The van der Waals surface area contributed by atoms with Crippen LogP contribution in [0.1, 0.15) is 12.8 Å². The van der Waals surface area contributed by atoms with Crippen molar-refractivity contribution in [2.24, 2.45) is 5.73 Å². The zero-order chi connectivity index (χ0) is 20.5. The highest BCUT2D eigenvalue weighted by Gasteiger charge is 2.22. The van der Waals surface area contributed by atoms with Crippen molar-refractivity contribution in [3.8, 4) is 5.75 Å². The molecule has 1 aliphatic rings. The maximum atomic E-state index is 12.4. The van der Waals surface area contributed by atoms with Gasteiger partial charge in [-0.25, -0.2) is 4.98 Å². The van der Waals surface area contributed by atoms with Crippen molar-refractivity contribution in [2.45, 2.75) is 12.8 Å². The van der Waals surface area contributed by atoms with Gasteiger partial charge in [-0.3, -0.25) is 9.59 Å². The van der Waals surface area contributed by atoms with Crippen molar-refractivity contribution in [3.05, 3.63) is 48.7 Å². The molecular weight excluding hydrogens is 406 g/mol. The van der Waals surface area contributed by atoms with Gasteiger partial charge in [0, 0.05) is 57.4 Å². The number of amides is 2. The van der Waals surface area contributed by atoms with Crippen LogP contribution in [-0.2, 0) is 9.59 Å². The molecule has 9 heteroatoms. The smallest absolute Gasteiger partial charge is 0.224 e. The number of hydrogen-bond donors (Lipinski definition) is 2. The van der Waals surface area contributed by atoms with E-state index in [1.54, 1.807) is 30.5 Å². The molecule has 0 aliphatic carbocycles. The van der Waals surface area contributed by atoms with Gasteiger partial charge in [0.05, 0.1) is 0 Å². The average molecular weight is 434 g/mol. The third-order valence-corrected chi connectivity index (χ3v) is 4.70. The second-order valence-electron chi connectivity index (χ2n) is 6.77. The van der Waals surface area contributed by atoms with E-state index in [0.717, 1.165) is 18.9 Å². The van der Waals surface area contributed by atoms with Crippen LogP contribution in [0.2, 0.25) is 0 Å². The fourth-order valence-electron chi connectivity index (χ4n) is 3.14. The van der Waals surface area contributed by atoms with Gasteiger partial charge in [-0.15, -0.1) is 12.4 Å². The predicted molar refractivity (Wildman–Crippen MR) is 119 cm³/mol. The van der Waals surface area contributed by atoms with Crippen LogP contribution in [0.4, 0.5) is 11.5 Å². The van der Waals surface area contributed by atoms with E-state index in [1.807, 2.05) is 23.1 Å². The molecule has 2 heterocycles. The zero-order valence-corrected chi connectivity index (χ0v) is 17.6. The van der Waals surface area contributed by atoms with E-state index in [-0.39, 0.29) is 37.1 Å². The summed E-state index contributed by atoms with van der Waals surface area (Å²) in [7, 11) is 0. The number of piperazine rings is 1. The number of nitrogens with one attached hydrogen (secondary N) is 1. The topological polar surface area (TPSA) is 101 Å². The quantitative estimate of drug-likeness (QED) is 0.659. The maximum absolute atomic E-state index is 12.4. The molecule has 1 saturated heterocycles. The third kappa shape index (κ3) is 6.89. The van der Waals surface area contributed by atoms with Crippen LogP contribution in [0, 0.1) is 0 Å². The highest BCUT2D eigenvalue weighted by Crippen LogP contribution is 2.16. The van der Waals surface area contributed by atoms with Gasteiger partial charge in [-0.2, -0.15) is 0 Å². The van der Waals surface area contributed by atoms with Crippen molar-refractivity contribution in [1.82, 2.24) is 9.88 Å². The number of benzene rings is 1. The summed E-state index contributed by atoms with van der Waals surface area (Å²) in [4.78, 5) is 32.9. The SMILES string of the molecule is Cl.NCCOc1ccc(NC(=O)CCC(=O)N2CCN(c3ccccn3)CC2)cc1. The van der Waals surface area contributed by atoms with E-state index in [1.165, 1.54) is 0 Å². The molecule has 0 saturated carbocycles. The summed E-state index contributed by atoms with van der Waals surface area (Å²) in [5.41, 5.74) is 6.07. The number of carbonyl (C=O) groups excluding carboxylic acids is 2. The minimum Gasteiger partial charge on any atom is -0.492 e. The zero-order valence-electron chi connectivity index (χ0n) is 16.8. The predicted octanol–water partition coefficient (Wildman–Crippen LogP) is 1.91. The Morgan fingerprint density at radius 3 is 2.40 bits per heavy atom. The minimum atomic E-state index is -0.180. The Hall–Kier alpha value is -2.84. The first-order chi connectivity index (χ1) is 14.2. The average Bonchev–Trinajstić information content (AvgIpc) is 2.78. The number of aromatic nitrogens is 1. The van der Waals surface area contributed by atoms with Gasteiger partial charge in [-0.1, -0.05) is 6.07 Å². The number of rotatable bonds is 8. The molecule has 0 unspecified atom stereocenters. The lowest BCUT2D eigenvalue weighted by molar-refractivity contribution is -0.133. The van der Waals surface area contributed by atoms with Gasteiger partial charge in [-0.05, 0) is 36.4 Å². The molecule has 0 atom stereocenters. The van der Waals surface area contributed by atoms with E-state index in [9.17, 15) is 9.59 Å². The number of carbonyl (C=O) groups is 2. The van der Waals surface area contributed by atoms with Crippen molar-refractivity contribution < 1.29 is 14.3 Å². The second kappa shape index (κ2) is 12.0. The first-order valence-electron chi connectivity index (χ1n) is 9.82. The molecule has 1 aliphatic heterocycles. The Morgan fingerprint density at radius 1 is 1.03 bits per heavy atom. The monoisotopic (exact) mass is 433 g/mol. The normalized spacial score (nSPS) is 13.4. The number of pyridine rings is 1. The minimum absolute atomic E-state index is 0. The van der Waals surface area contributed by atoms with Crippen LogP contribution in [0.15, 0.2) is 48.7 Å². The van der Waals surface area contributed by atoms with Crippen molar-refractivity contribution in [3.63, 3.8) is 0 Å². The van der Waals surface area contributed by atoms with Gasteiger partial charge < -0.3 is 25.6 Å². The van der Waals surface area contributed by atoms with Gasteiger partial charge in [0.25, 0.3) is 0 Å². The van der Waals surface area contributed by atoms with Crippen LogP contribution in [0.3, 0.4) is 0 Å². The van der Waals surface area contributed by atoms with E-state index in [0.29, 0.717) is 37.7 Å². The summed E-state index contributed by atoms with van der Waals surface area (Å²) < 4.78 is 5.40. The first-order valence-corrected chi connectivity index (χ1v) is 9.82. The van der Waals surface area contributed by atoms with Gasteiger partial charge >= 0.3 is 0 Å². The van der Waals surface area contributed by atoms with E-state index in [2.05, 4.69) is 15.2 Å². The summed E-state index contributed by atoms with van der Waals surface area (Å²) in [6.07, 6.45) is 2.13. The molecule has 0 radical (unpaired) electrons. The van der Waals surface area contributed by atoms with Crippen LogP contribution >= 0.6 is 12.4 Å².